The molecule has 0 spiro atoms. The molecule has 0 atom stereocenters. The summed E-state index contributed by atoms with van der Waals surface area (Å²) >= 11 is 7.70. The lowest BCUT2D eigenvalue weighted by molar-refractivity contribution is 0.866. The molecule has 3 aromatic rings. The Labute approximate surface area is 132 Å². The smallest absolute Gasteiger partial charge is 0.182 e. The summed E-state index contributed by atoms with van der Waals surface area (Å²) < 4.78 is 0. The first-order valence-corrected chi connectivity index (χ1v) is 7.62. The molecule has 0 aliphatic rings. The Bertz CT molecular complexity index is 762. The standard InChI is InChI=1S/C16H12ClN3S/c1-11-16(21-14-10-6-5-9-13(14)17)18-15(20-19-11)12-7-3-2-4-8-12/h2-10H,1H3. The zero-order valence-corrected chi connectivity index (χ0v) is 12.9. The highest BCUT2D eigenvalue weighted by Gasteiger charge is 2.10. The Hall–Kier alpha value is -1.91. The molecule has 0 saturated carbocycles. The van der Waals surface area contributed by atoms with E-state index >= 15 is 0 Å². The Morgan fingerprint density at radius 1 is 0.905 bits per heavy atom. The second-order valence-corrected chi connectivity index (χ2v) is 5.86. The second kappa shape index (κ2) is 6.24. The predicted molar refractivity (Wildman–Crippen MR) is 85.6 cm³/mol. The largest absolute Gasteiger partial charge is 0.218 e. The van der Waals surface area contributed by atoms with Crippen molar-refractivity contribution < 1.29 is 0 Å². The van der Waals surface area contributed by atoms with Crippen LogP contribution in [0.4, 0.5) is 0 Å². The van der Waals surface area contributed by atoms with Gasteiger partial charge in [0.15, 0.2) is 5.82 Å². The highest BCUT2D eigenvalue weighted by Crippen LogP contribution is 2.33. The molecule has 0 radical (unpaired) electrons. The molecule has 0 aliphatic carbocycles. The third-order valence-electron chi connectivity index (χ3n) is 2.89. The van der Waals surface area contributed by atoms with Gasteiger partial charge in [-0.15, -0.1) is 5.10 Å². The summed E-state index contributed by atoms with van der Waals surface area (Å²) in [5.41, 5.74) is 1.74. The van der Waals surface area contributed by atoms with E-state index < -0.39 is 0 Å². The Morgan fingerprint density at radius 2 is 1.62 bits per heavy atom. The molecule has 0 unspecified atom stereocenters. The minimum absolute atomic E-state index is 0.621. The highest BCUT2D eigenvalue weighted by atomic mass is 35.5. The first kappa shape index (κ1) is 14.0. The summed E-state index contributed by atoms with van der Waals surface area (Å²) in [6.07, 6.45) is 0. The van der Waals surface area contributed by atoms with Gasteiger partial charge in [0.1, 0.15) is 5.03 Å². The predicted octanol–water partition coefficient (Wildman–Crippen LogP) is 4.65. The molecule has 1 heterocycles. The van der Waals surface area contributed by atoms with Crippen molar-refractivity contribution in [2.45, 2.75) is 16.8 Å². The Morgan fingerprint density at radius 3 is 2.38 bits per heavy atom. The van der Waals surface area contributed by atoms with Crippen molar-refractivity contribution in [3.05, 3.63) is 65.3 Å². The Kier molecular flexibility index (Phi) is 4.18. The number of hydrogen-bond donors (Lipinski definition) is 0. The summed E-state index contributed by atoms with van der Waals surface area (Å²) in [7, 11) is 0. The molecule has 0 aliphatic heterocycles. The van der Waals surface area contributed by atoms with E-state index in [2.05, 4.69) is 15.2 Å². The van der Waals surface area contributed by atoms with E-state index in [0.29, 0.717) is 10.8 Å². The number of hydrogen-bond acceptors (Lipinski definition) is 4. The van der Waals surface area contributed by atoms with Crippen LogP contribution in [-0.4, -0.2) is 15.2 Å². The first-order valence-electron chi connectivity index (χ1n) is 6.43. The molecular formula is C16H12ClN3S. The molecule has 104 valence electrons. The van der Waals surface area contributed by atoms with Crippen LogP contribution in [0.3, 0.4) is 0 Å². The maximum absolute atomic E-state index is 6.20. The molecule has 2 aromatic carbocycles. The van der Waals surface area contributed by atoms with E-state index in [-0.39, 0.29) is 0 Å². The lowest BCUT2D eigenvalue weighted by Gasteiger charge is -2.07. The maximum Gasteiger partial charge on any atom is 0.182 e. The maximum atomic E-state index is 6.20. The minimum atomic E-state index is 0.621. The zero-order valence-electron chi connectivity index (χ0n) is 11.3. The van der Waals surface area contributed by atoms with Gasteiger partial charge in [-0.3, -0.25) is 0 Å². The van der Waals surface area contributed by atoms with Gasteiger partial charge in [0.25, 0.3) is 0 Å². The van der Waals surface area contributed by atoms with Crippen LogP contribution < -0.4 is 0 Å². The topological polar surface area (TPSA) is 38.7 Å². The highest BCUT2D eigenvalue weighted by molar-refractivity contribution is 7.99. The minimum Gasteiger partial charge on any atom is -0.218 e. The van der Waals surface area contributed by atoms with Gasteiger partial charge in [-0.2, -0.15) is 5.10 Å². The summed E-state index contributed by atoms with van der Waals surface area (Å²) in [6.45, 7) is 1.90. The fourth-order valence-corrected chi connectivity index (χ4v) is 2.89. The van der Waals surface area contributed by atoms with Crippen LogP contribution in [0.25, 0.3) is 11.4 Å². The van der Waals surface area contributed by atoms with Crippen molar-refractivity contribution >= 4 is 23.4 Å². The number of halogens is 1. The van der Waals surface area contributed by atoms with Crippen molar-refractivity contribution in [1.29, 1.82) is 0 Å². The molecule has 3 nitrogen and oxygen atoms in total. The van der Waals surface area contributed by atoms with E-state index in [9.17, 15) is 0 Å². The summed E-state index contributed by atoms with van der Waals surface area (Å²) in [5, 5.41) is 9.90. The van der Waals surface area contributed by atoms with Gasteiger partial charge < -0.3 is 0 Å². The molecule has 21 heavy (non-hydrogen) atoms. The van der Waals surface area contributed by atoms with Crippen LogP contribution in [0.5, 0.6) is 0 Å². The number of nitrogens with zero attached hydrogens (tertiary/aromatic N) is 3. The molecule has 3 rings (SSSR count). The number of aryl methyl sites for hydroxylation is 1. The number of rotatable bonds is 3. The number of benzene rings is 2. The average molecular weight is 314 g/mol. The molecule has 1 aromatic heterocycles. The number of aromatic nitrogens is 3. The lowest BCUT2D eigenvalue weighted by Crippen LogP contribution is -1.98. The molecule has 0 saturated heterocycles. The van der Waals surface area contributed by atoms with Gasteiger partial charge in [-0.05, 0) is 19.1 Å². The third kappa shape index (κ3) is 3.23. The average Bonchev–Trinajstić information content (AvgIpc) is 2.52. The van der Waals surface area contributed by atoms with Crippen molar-refractivity contribution in [2.75, 3.05) is 0 Å². The summed E-state index contributed by atoms with van der Waals surface area (Å²) in [6, 6.07) is 17.5. The molecule has 0 fully saturated rings. The van der Waals surface area contributed by atoms with E-state index in [1.54, 1.807) is 0 Å². The molecule has 5 heteroatoms. The van der Waals surface area contributed by atoms with Gasteiger partial charge in [0.05, 0.1) is 10.7 Å². The lowest BCUT2D eigenvalue weighted by atomic mass is 10.2. The van der Waals surface area contributed by atoms with E-state index in [0.717, 1.165) is 21.2 Å². The van der Waals surface area contributed by atoms with Gasteiger partial charge in [-0.25, -0.2) is 4.98 Å². The second-order valence-electron chi connectivity index (χ2n) is 4.42. The molecule has 0 bridgehead atoms. The fraction of sp³-hybridized carbons (Fsp3) is 0.0625. The SMILES string of the molecule is Cc1nnc(-c2ccccc2)nc1Sc1ccccc1Cl. The van der Waals surface area contributed by atoms with Crippen molar-refractivity contribution in [2.24, 2.45) is 0 Å². The van der Waals surface area contributed by atoms with Crippen molar-refractivity contribution in [3.63, 3.8) is 0 Å². The van der Waals surface area contributed by atoms with Gasteiger partial charge in [0, 0.05) is 10.5 Å². The summed E-state index contributed by atoms with van der Waals surface area (Å²) in [5.74, 6) is 0.621. The van der Waals surface area contributed by atoms with Crippen LogP contribution in [0, 0.1) is 6.92 Å². The van der Waals surface area contributed by atoms with Gasteiger partial charge >= 0.3 is 0 Å². The van der Waals surface area contributed by atoms with Gasteiger partial charge in [-0.1, -0.05) is 65.8 Å². The zero-order chi connectivity index (χ0) is 14.7. The first-order chi connectivity index (χ1) is 10.2. The van der Waals surface area contributed by atoms with E-state index in [1.807, 2.05) is 61.5 Å². The van der Waals surface area contributed by atoms with Crippen molar-refractivity contribution in [3.8, 4) is 11.4 Å². The third-order valence-corrected chi connectivity index (χ3v) is 4.48. The van der Waals surface area contributed by atoms with Gasteiger partial charge in [0.2, 0.25) is 0 Å². The van der Waals surface area contributed by atoms with Crippen molar-refractivity contribution in [1.82, 2.24) is 15.2 Å². The monoisotopic (exact) mass is 313 g/mol. The van der Waals surface area contributed by atoms with E-state index in [4.69, 9.17) is 11.6 Å². The van der Waals surface area contributed by atoms with Crippen LogP contribution >= 0.6 is 23.4 Å². The van der Waals surface area contributed by atoms with Crippen LogP contribution in [0.1, 0.15) is 5.69 Å². The van der Waals surface area contributed by atoms with Crippen LogP contribution in [-0.2, 0) is 0 Å². The van der Waals surface area contributed by atoms with Crippen LogP contribution in [0.2, 0.25) is 5.02 Å². The molecule has 0 N–H and O–H groups in total. The normalized spacial score (nSPS) is 10.6. The van der Waals surface area contributed by atoms with E-state index in [1.165, 1.54) is 11.8 Å². The molecule has 0 amide bonds. The molecular weight excluding hydrogens is 302 g/mol. The summed E-state index contributed by atoms with van der Waals surface area (Å²) in [4.78, 5) is 5.57. The Balaban J connectivity index is 1.98. The fourth-order valence-electron chi connectivity index (χ4n) is 1.80. The quantitative estimate of drug-likeness (QED) is 0.705. The van der Waals surface area contributed by atoms with Crippen LogP contribution in [0.15, 0.2) is 64.5 Å².